The van der Waals surface area contributed by atoms with Gasteiger partial charge in [-0.25, -0.2) is 9.78 Å². The summed E-state index contributed by atoms with van der Waals surface area (Å²) < 4.78 is 45.0. The molecule has 180 valence electrons. The molecule has 1 heterocycles. The van der Waals surface area contributed by atoms with Gasteiger partial charge in [0.05, 0.1) is 5.56 Å². The first-order valence-corrected chi connectivity index (χ1v) is 11.3. The number of alkyl halides is 3. The highest BCUT2D eigenvalue weighted by Crippen LogP contribution is 2.29. The topological polar surface area (TPSA) is 62.7 Å². The summed E-state index contributed by atoms with van der Waals surface area (Å²) in [6, 6.07) is 16.0. The van der Waals surface area contributed by atoms with Crippen molar-refractivity contribution in [2.75, 3.05) is 11.4 Å². The minimum atomic E-state index is -4.37. The van der Waals surface area contributed by atoms with Crippen molar-refractivity contribution in [3.05, 3.63) is 88.0 Å². The number of carboxylic acids is 1. The van der Waals surface area contributed by atoms with E-state index in [0.29, 0.717) is 31.1 Å². The van der Waals surface area contributed by atoms with E-state index < -0.39 is 23.3 Å². The molecule has 1 aromatic heterocycles. The highest BCUT2D eigenvalue weighted by Gasteiger charge is 2.30. The maximum Gasteiger partial charge on any atom is 0.416 e. The predicted molar refractivity (Wildman–Crippen MR) is 127 cm³/mol. The van der Waals surface area contributed by atoms with Crippen LogP contribution >= 0.6 is 15.9 Å². The zero-order chi connectivity index (χ0) is 24.9. The van der Waals surface area contributed by atoms with E-state index in [2.05, 4.69) is 20.9 Å². The minimum absolute atomic E-state index is 0.390. The summed E-state index contributed by atoms with van der Waals surface area (Å²) in [5.74, 6) is 0.0936. The van der Waals surface area contributed by atoms with Crippen LogP contribution in [-0.2, 0) is 23.9 Å². The molecule has 0 aliphatic carbocycles. The number of aliphatic carboxylic acids is 1. The summed E-state index contributed by atoms with van der Waals surface area (Å²) in [7, 11) is 0. The molecule has 0 amide bonds. The van der Waals surface area contributed by atoms with E-state index in [-0.39, 0.29) is 0 Å². The van der Waals surface area contributed by atoms with Crippen LogP contribution in [-0.4, -0.2) is 28.2 Å². The molecule has 0 radical (unpaired) electrons. The van der Waals surface area contributed by atoms with Crippen molar-refractivity contribution in [3.8, 4) is 5.75 Å². The van der Waals surface area contributed by atoms with E-state index in [1.165, 1.54) is 26.0 Å². The Morgan fingerprint density at radius 2 is 1.62 bits per heavy atom. The fraction of sp³-hybridized carbons (Fsp3) is 0.280. The number of hydrogen-bond acceptors (Lipinski definition) is 4. The van der Waals surface area contributed by atoms with Crippen molar-refractivity contribution in [1.82, 2.24) is 4.98 Å². The van der Waals surface area contributed by atoms with Crippen LogP contribution in [0.25, 0.3) is 0 Å². The molecule has 0 atom stereocenters. The van der Waals surface area contributed by atoms with Gasteiger partial charge >= 0.3 is 12.1 Å². The number of anilines is 1. The van der Waals surface area contributed by atoms with Gasteiger partial charge in [0.15, 0.2) is 5.60 Å². The third-order valence-corrected chi connectivity index (χ3v) is 5.64. The normalized spacial score (nSPS) is 11.8. The number of aromatic nitrogens is 1. The highest BCUT2D eigenvalue weighted by molar-refractivity contribution is 9.10. The highest BCUT2D eigenvalue weighted by atomic mass is 79.9. The molecule has 3 rings (SSSR count). The van der Waals surface area contributed by atoms with Crippen LogP contribution in [0.15, 0.2) is 71.3 Å². The first kappa shape index (κ1) is 25.6. The summed E-state index contributed by atoms with van der Waals surface area (Å²) >= 11 is 3.36. The Morgan fingerprint density at radius 3 is 2.15 bits per heavy atom. The molecule has 0 spiro atoms. The van der Waals surface area contributed by atoms with E-state index in [1.54, 1.807) is 18.3 Å². The number of carbonyl (C=O) groups is 1. The van der Waals surface area contributed by atoms with Crippen LogP contribution in [0.2, 0.25) is 0 Å². The maximum absolute atomic E-state index is 12.9. The first-order valence-electron chi connectivity index (χ1n) is 10.5. The van der Waals surface area contributed by atoms with Crippen LogP contribution in [0.5, 0.6) is 5.75 Å². The predicted octanol–water partition coefficient (Wildman–Crippen LogP) is 6.35. The van der Waals surface area contributed by atoms with Crippen molar-refractivity contribution in [1.29, 1.82) is 0 Å². The monoisotopic (exact) mass is 536 g/mol. The van der Waals surface area contributed by atoms with Crippen molar-refractivity contribution in [3.63, 3.8) is 0 Å². The number of pyridine rings is 1. The molecule has 2 aromatic carbocycles. The van der Waals surface area contributed by atoms with E-state index in [0.717, 1.165) is 27.7 Å². The number of nitrogens with zero attached hydrogens (tertiary/aromatic N) is 2. The molecule has 0 fully saturated rings. The Morgan fingerprint density at radius 1 is 1.00 bits per heavy atom. The molecule has 0 aliphatic heterocycles. The van der Waals surface area contributed by atoms with E-state index >= 15 is 0 Å². The fourth-order valence-corrected chi connectivity index (χ4v) is 3.41. The zero-order valence-corrected chi connectivity index (χ0v) is 20.2. The summed E-state index contributed by atoms with van der Waals surface area (Å²) in [5, 5.41) is 9.21. The largest absolute Gasteiger partial charge is 0.478 e. The van der Waals surface area contributed by atoms with Gasteiger partial charge < -0.3 is 14.7 Å². The molecular formula is C25H24BrF3N2O3. The molecular weight excluding hydrogens is 513 g/mol. The number of ether oxygens (including phenoxy) is 1. The van der Waals surface area contributed by atoms with Gasteiger partial charge in [0.25, 0.3) is 0 Å². The van der Waals surface area contributed by atoms with Gasteiger partial charge in [-0.3, -0.25) is 0 Å². The van der Waals surface area contributed by atoms with Crippen LogP contribution in [0.1, 0.15) is 30.5 Å². The number of halogens is 4. The van der Waals surface area contributed by atoms with Crippen molar-refractivity contribution in [2.24, 2.45) is 0 Å². The molecule has 0 unspecified atom stereocenters. The Bertz CT molecular complexity index is 1100. The Labute approximate surface area is 204 Å². The van der Waals surface area contributed by atoms with Crippen LogP contribution in [0, 0.1) is 0 Å². The SMILES string of the molecule is CC(C)(Oc1ccc(CCN(Cc2ccc(C(F)(F)F)cc2)c2ccc(Br)cn2)cc1)C(=O)O. The van der Waals surface area contributed by atoms with E-state index in [9.17, 15) is 23.1 Å². The van der Waals surface area contributed by atoms with Gasteiger partial charge in [-0.2, -0.15) is 13.2 Å². The third-order valence-electron chi connectivity index (χ3n) is 5.17. The van der Waals surface area contributed by atoms with Gasteiger partial charge in [0, 0.05) is 23.8 Å². The number of benzene rings is 2. The maximum atomic E-state index is 12.9. The summed E-state index contributed by atoms with van der Waals surface area (Å²) in [6.45, 7) is 3.92. The second-order valence-electron chi connectivity index (χ2n) is 8.26. The lowest BCUT2D eigenvalue weighted by molar-refractivity contribution is -0.152. The van der Waals surface area contributed by atoms with Gasteiger partial charge in [-0.05, 0) is 83.7 Å². The molecule has 0 saturated carbocycles. The number of hydrogen-bond donors (Lipinski definition) is 1. The van der Waals surface area contributed by atoms with Gasteiger partial charge in [0.2, 0.25) is 0 Å². The zero-order valence-electron chi connectivity index (χ0n) is 18.6. The summed E-state index contributed by atoms with van der Waals surface area (Å²) in [6.07, 6.45) is -2.06. The van der Waals surface area contributed by atoms with Crippen LogP contribution in [0.4, 0.5) is 19.0 Å². The van der Waals surface area contributed by atoms with Crippen molar-refractivity contribution < 1.29 is 27.8 Å². The van der Waals surface area contributed by atoms with E-state index in [1.807, 2.05) is 29.2 Å². The molecule has 3 aromatic rings. The molecule has 0 bridgehead atoms. The van der Waals surface area contributed by atoms with Crippen molar-refractivity contribution in [2.45, 2.75) is 38.6 Å². The molecule has 5 nitrogen and oxygen atoms in total. The van der Waals surface area contributed by atoms with Gasteiger partial charge in [-0.15, -0.1) is 0 Å². The van der Waals surface area contributed by atoms with E-state index in [4.69, 9.17) is 4.74 Å². The Kier molecular flexibility index (Phi) is 7.86. The molecule has 9 heteroatoms. The van der Waals surface area contributed by atoms with Crippen LogP contribution in [0.3, 0.4) is 0 Å². The smallest absolute Gasteiger partial charge is 0.416 e. The Balaban J connectivity index is 1.72. The average molecular weight is 537 g/mol. The fourth-order valence-electron chi connectivity index (χ4n) is 3.18. The molecule has 0 saturated heterocycles. The lowest BCUT2D eigenvalue weighted by Crippen LogP contribution is -2.37. The summed E-state index contributed by atoms with van der Waals surface area (Å²) in [4.78, 5) is 17.7. The third kappa shape index (κ3) is 6.96. The second-order valence-corrected chi connectivity index (χ2v) is 9.18. The average Bonchev–Trinajstić information content (AvgIpc) is 2.77. The lowest BCUT2D eigenvalue weighted by Gasteiger charge is -2.24. The Hall–Kier alpha value is -3.07. The number of carboxylic acid groups (broad SMARTS) is 1. The standard InChI is InChI=1S/C25H24BrF3N2O3/c1-24(2,23(32)33)34-21-10-5-17(6-11-21)13-14-31(22-12-9-20(26)15-30-22)16-18-3-7-19(8-4-18)25(27,28)29/h3-12,15H,13-14,16H2,1-2H3,(H,32,33). The first-order chi connectivity index (χ1) is 15.9. The molecule has 0 aliphatic rings. The molecule has 34 heavy (non-hydrogen) atoms. The molecule has 1 N–H and O–H groups in total. The second kappa shape index (κ2) is 10.5. The summed E-state index contributed by atoms with van der Waals surface area (Å²) in [5.41, 5.74) is -0.293. The van der Waals surface area contributed by atoms with Crippen molar-refractivity contribution >= 4 is 27.7 Å². The quantitative estimate of drug-likeness (QED) is 0.345. The number of rotatable bonds is 9. The van der Waals surface area contributed by atoms with Crippen LogP contribution < -0.4 is 9.64 Å². The van der Waals surface area contributed by atoms with Gasteiger partial charge in [-0.1, -0.05) is 24.3 Å². The minimum Gasteiger partial charge on any atom is -0.478 e. The lowest BCUT2D eigenvalue weighted by atomic mass is 10.1. The van der Waals surface area contributed by atoms with Gasteiger partial charge in [0.1, 0.15) is 11.6 Å².